The Kier molecular flexibility index (Phi) is 6.23. The molecule has 0 radical (unpaired) electrons. The normalized spacial score (nSPS) is 9.86. The van der Waals surface area contributed by atoms with E-state index in [0.29, 0.717) is 0 Å². The first-order valence-electron chi connectivity index (χ1n) is 6.01. The van der Waals surface area contributed by atoms with Gasteiger partial charge in [-0.1, -0.05) is 0 Å². The van der Waals surface area contributed by atoms with Gasteiger partial charge in [-0.2, -0.15) is 0 Å². The molecule has 0 spiro atoms. The largest absolute Gasteiger partial charge is 0.427 e. The van der Waals surface area contributed by atoms with E-state index in [1.54, 1.807) is 0 Å². The molecule has 6 nitrogen and oxygen atoms in total. The van der Waals surface area contributed by atoms with Crippen LogP contribution >= 0.6 is 15.9 Å². The maximum atomic E-state index is 11.6. The van der Waals surface area contributed by atoms with Gasteiger partial charge in [-0.25, -0.2) is 0 Å². The second kappa shape index (κ2) is 7.68. The highest BCUT2D eigenvalue weighted by molar-refractivity contribution is 9.18. The third kappa shape index (κ3) is 6.31. The molecule has 0 unspecified atom stereocenters. The van der Waals surface area contributed by atoms with Crippen molar-refractivity contribution in [3.05, 3.63) is 23.8 Å². The molecule has 0 saturated heterocycles. The van der Waals surface area contributed by atoms with Gasteiger partial charge in [-0.3, -0.25) is 14.4 Å². The summed E-state index contributed by atoms with van der Waals surface area (Å²) in [7, 11) is 0. The number of esters is 2. The van der Waals surface area contributed by atoms with Crippen LogP contribution in [0.25, 0.3) is 0 Å². The molecule has 0 saturated carbocycles. The van der Waals surface area contributed by atoms with Crippen LogP contribution in [0.2, 0.25) is 0 Å². The molecule has 0 atom stereocenters. The Labute approximate surface area is 129 Å². The summed E-state index contributed by atoms with van der Waals surface area (Å²) >= 11 is 2.77. The standard InChI is InChI=1S/C14H13BrO6/c1-8(16)3-4-13(18)21-12-6-10(14(15)19)5-11(7-12)20-9(2)17/h5-7H,3-4H2,1-2H3. The molecule has 0 fully saturated rings. The van der Waals surface area contributed by atoms with E-state index in [1.165, 1.54) is 32.0 Å². The lowest BCUT2D eigenvalue weighted by atomic mass is 10.2. The molecule has 1 aromatic rings. The van der Waals surface area contributed by atoms with Crippen molar-refractivity contribution in [1.82, 2.24) is 0 Å². The van der Waals surface area contributed by atoms with Crippen LogP contribution in [0.4, 0.5) is 0 Å². The summed E-state index contributed by atoms with van der Waals surface area (Å²) in [5, 5.41) is 0. The van der Waals surface area contributed by atoms with E-state index in [-0.39, 0.29) is 35.7 Å². The van der Waals surface area contributed by atoms with Gasteiger partial charge in [0.15, 0.2) is 0 Å². The Morgan fingerprint density at radius 1 is 0.952 bits per heavy atom. The number of rotatable bonds is 6. The maximum Gasteiger partial charge on any atom is 0.311 e. The molecule has 0 aromatic heterocycles. The van der Waals surface area contributed by atoms with E-state index in [1.807, 2.05) is 0 Å². The molecule has 7 heteroatoms. The molecule has 1 aromatic carbocycles. The van der Waals surface area contributed by atoms with Gasteiger partial charge in [0.1, 0.15) is 17.3 Å². The van der Waals surface area contributed by atoms with Crippen LogP contribution in [0.1, 0.15) is 37.0 Å². The predicted molar refractivity (Wildman–Crippen MR) is 76.6 cm³/mol. The van der Waals surface area contributed by atoms with Crippen molar-refractivity contribution in [3.8, 4) is 11.5 Å². The Morgan fingerprint density at radius 3 is 2.00 bits per heavy atom. The lowest BCUT2D eigenvalue weighted by Gasteiger charge is -2.08. The zero-order chi connectivity index (χ0) is 16.0. The summed E-state index contributed by atoms with van der Waals surface area (Å²) in [6, 6.07) is 3.98. The van der Waals surface area contributed by atoms with Gasteiger partial charge in [-0.05, 0) is 35.0 Å². The third-order valence-electron chi connectivity index (χ3n) is 2.28. The van der Waals surface area contributed by atoms with E-state index >= 15 is 0 Å². The number of Topliss-reactive ketones (excluding diaryl/α,β-unsaturated/α-hetero) is 1. The fourth-order valence-electron chi connectivity index (χ4n) is 1.43. The first-order chi connectivity index (χ1) is 9.77. The molecule has 1 rings (SSSR count). The average Bonchev–Trinajstić information content (AvgIpc) is 2.35. The molecule has 112 valence electrons. The van der Waals surface area contributed by atoms with Gasteiger partial charge in [-0.15, -0.1) is 0 Å². The van der Waals surface area contributed by atoms with Crippen molar-refractivity contribution in [1.29, 1.82) is 0 Å². The molecule has 0 heterocycles. The van der Waals surface area contributed by atoms with Crippen LogP contribution in [0, 0.1) is 0 Å². The number of benzene rings is 1. The Morgan fingerprint density at radius 2 is 1.52 bits per heavy atom. The predicted octanol–water partition coefficient (Wildman–Crippen LogP) is 2.42. The monoisotopic (exact) mass is 356 g/mol. The highest BCUT2D eigenvalue weighted by atomic mass is 79.9. The lowest BCUT2D eigenvalue weighted by Crippen LogP contribution is -2.10. The minimum Gasteiger partial charge on any atom is -0.427 e. The highest BCUT2D eigenvalue weighted by Crippen LogP contribution is 2.25. The summed E-state index contributed by atoms with van der Waals surface area (Å²) in [4.78, 5) is 44.6. The number of hydrogen-bond acceptors (Lipinski definition) is 6. The van der Waals surface area contributed by atoms with Gasteiger partial charge in [0, 0.05) is 25.0 Å². The maximum absolute atomic E-state index is 11.6. The van der Waals surface area contributed by atoms with E-state index < -0.39 is 16.6 Å². The van der Waals surface area contributed by atoms with E-state index in [0.717, 1.165) is 0 Å². The number of carbonyl (C=O) groups excluding carboxylic acids is 4. The summed E-state index contributed by atoms with van der Waals surface area (Å²) < 4.78 is 9.44. The van der Waals surface area contributed by atoms with Gasteiger partial charge in [0.05, 0.1) is 6.42 Å². The van der Waals surface area contributed by atoms with Crippen LogP contribution in [0.15, 0.2) is 18.2 Å². The van der Waals surface area contributed by atoms with Gasteiger partial charge in [0.2, 0.25) is 4.69 Å². The smallest absolute Gasteiger partial charge is 0.311 e. The van der Waals surface area contributed by atoms with E-state index in [4.69, 9.17) is 9.47 Å². The quantitative estimate of drug-likeness (QED) is 0.442. The van der Waals surface area contributed by atoms with Crippen molar-refractivity contribution in [3.63, 3.8) is 0 Å². The van der Waals surface area contributed by atoms with Crippen molar-refractivity contribution in [2.45, 2.75) is 26.7 Å². The first kappa shape index (κ1) is 17.0. The first-order valence-corrected chi connectivity index (χ1v) is 6.80. The van der Waals surface area contributed by atoms with Gasteiger partial charge >= 0.3 is 11.9 Å². The molecule has 0 aliphatic rings. The SMILES string of the molecule is CC(=O)CCC(=O)Oc1cc(OC(C)=O)cc(C(=O)Br)c1. The molecule has 0 N–H and O–H groups in total. The van der Waals surface area contributed by atoms with Gasteiger partial charge in [0.25, 0.3) is 0 Å². The van der Waals surface area contributed by atoms with Crippen LogP contribution < -0.4 is 9.47 Å². The Hall–Kier alpha value is -2.02. The van der Waals surface area contributed by atoms with Crippen molar-refractivity contribution in [2.75, 3.05) is 0 Å². The number of carbonyl (C=O) groups is 4. The molecular weight excluding hydrogens is 344 g/mol. The number of hydrogen-bond donors (Lipinski definition) is 0. The Bertz CT molecular complexity index is 593. The molecular formula is C14H13BrO6. The van der Waals surface area contributed by atoms with Gasteiger partial charge < -0.3 is 14.3 Å². The molecule has 0 aliphatic carbocycles. The summed E-state index contributed by atoms with van der Waals surface area (Å²) in [6.45, 7) is 2.58. The lowest BCUT2D eigenvalue weighted by molar-refractivity contribution is -0.135. The zero-order valence-corrected chi connectivity index (χ0v) is 13.1. The van der Waals surface area contributed by atoms with Crippen LogP contribution in [0.3, 0.4) is 0 Å². The van der Waals surface area contributed by atoms with E-state index in [2.05, 4.69) is 15.9 Å². The average molecular weight is 357 g/mol. The highest BCUT2D eigenvalue weighted by Gasteiger charge is 2.12. The zero-order valence-electron chi connectivity index (χ0n) is 11.5. The number of ether oxygens (including phenoxy) is 2. The van der Waals surface area contributed by atoms with Crippen molar-refractivity contribution >= 4 is 38.3 Å². The van der Waals surface area contributed by atoms with Crippen molar-refractivity contribution < 1.29 is 28.7 Å². The number of halogens is 1. The topological polar surface area (TPSA) is 86.7 Å². The number of ketones is 1. The molecule has 0 amide bonds. The van der Waals surface area contributed by atoms with Crippen LogP contribution in [0.5, 0.6) is 11.5 Å². The minimum absolute atomic E-state index is 0.0603. The van der Waals surface area contributed by atoms with Crippen LogP contribution in [-0.4, -0.2) is 22.4 Å². The van der Waals surface area contributed by atoms with E-state index in [9.17, 15) is 19.2 Å². The molecule has 0 bridgehead atoms. The fourth-order valence-corrected chi connectivity index (χ4v) is 1.66. The molecule has 21 heavy (non-hydrogen) atoms. The fraction of sp³-hybridized carbons (Fsp3) is 0.286. The summed E-state index contributed by atoms with van der Waals surface area (Å²) in [6.07, 6.45) is 0.0113. The second-order valence-corrected chi connectivity index (χ2v) is 4.96. The summed E-state index contributed by atoms with van der Waals surface area (Å²) in [5.74, 6) is -1.16. The second-order valence-electron chi connectivity index (χ2n) is 4.24. The third-order valence-corrected chi connectivity index (χ3v) is 2.74. The minimum atomic E-state index is -0.613. The van der Waals surface area contributed by atoms with Crippen molar-refractivity contribution in [2.24, 2.45) is 0 Å². The molecule has 0 aliphatic heterocycles. The van der Waals surface area contributed by atoms with Crippen LogP contribution in [-0.2, 0) is 14.4 Å². The summed E-state index contributed by atoms with van der Waals surface area (Å²) in [5.41, 5.74) is 0.170. The Balaban J connectivity index is 2.92.